The lowest BCUT2D eigenvalue weighted by molar-refractivity contribution is -0.137. The Balaban J connectivity index is 1.59. The third-order valence-corrected chi connectivity index (χ3v) is 5.42. The highest BCUT2D eigenvalue weighted by molar-refractivity contribution is 7.89. The first-order valence-corrected chi connectivity index (χ1v) is 9.96. The van der Waals surface area contributed by atoms with Gasteiger partial charge in [0.2, 0.25) is 15.9 Å². The maximum atomic E-state index is 12.8. The van der Waals surface area contributed by atoms with E-state index in [-0.39, 0.29) is 6.54 Å². The van der Waals surface area contributed by atoms with E-state index < -0.39 is 39.1 Å². The van der Waals surface area contributed by atoms with Crippen molar-refractivity contribution in [2.45, 2.75) is 17.6 Å². The number of rotatable bonds is 6. The summed E-state index contributed by atoms with van der Waals surface area (Å²) < 4.78 is 75.6. The molecule has 2 aromatic carbocycles. The molecule has 2 aromatic rings. The maximum Gasteiger partial charge on any atom is 0.416 e. The SMILES string of the molecule is O=C(CNS(=O)(=O)c1cccc(C(F)(F)F)c1)NCc1cccc2c1OCCO2. The molecule has 2 N–H and O–H groups in total. The smallest absolute Gasteiger partial charge is 0.416 e. The zero-order chi connectivity index (χ0) is 21.1. The fraction of sp³-hybridized carbons (Fsp3) is 0.278. The molecule has 156 valence electrons. The highest BCUT2D eigenvalue weighted by Crippen LogP contribution is 2.33. The van der Waals surface area contributed by atoms with Crippen molar-refractivity contribution in [2.24, 2.45) is 0 Å². The summed E-state index contributed by atoms with van der Waals surface area (Å²) in [7, 11) is -4.29. The molecule has 0 atom stereocenters. The number of carbonyl (C=O) groups excluding carboxylic acids is 1. The van der Waals surface area contributed by atoms with Gasteiger partial charge in [0.1, 0.15) is 13.2 Å². The van der Waals surface area contributed by atoms with Gasteiger partial charge in [0.15, 0.2) is 11.5 Å². The number of fused-ring (bicyclic) bond motifs is 1. The van der Waals surface area contributed by atoms with Crippen molar-refractivity contribution in [2.75, 3.05) is 19.8 Å². The van der Waals surface area contributed by atoms with Crippen LogP contribution >= 0.6 is 0 Å². The van der Waals surface area contributed by atoms with E-state index in [1.807, 2.05) is 4.72 Å². The lowest BCUT2D eigenvalue weighted by atomic mass is 10.1. The maximum absolute atomic E-state index is 12.8. The van der Waals surface area contributed by atoms with Crippen molar-refractivity contribution in [3.8, 4) is 11.5 Å². The van der Waals surface area contributed by atoms with Gasteiger partial charge in [0.25, 0.3) is 0 Å². The van der Waals surface area contributed by atoms with E-state index in [0.717, 1.165) is 18.2 Å². The monoisotopic (exact) mass is 430 g/mol. The van der Waals surface area contributed by atoms with Crippen LogP contribution in [0.3, 0.4) is 0 Å². The Kier molecular flexibility index (Phi) is 5.99. The van der Waals surface area contributed by atoms with E-state index in [4.69, 9.17) is 9.47 Å². The lowest BCUT2D eigenvalue weighted by Gasteiger charge is -2.21. The third kappa shape index (κ3) is 5.18. The summed E-state index contributed by atoms with van der Waals surface area (Å²) in [4.78, 5) is 11.4. The Morgan fingerprint density at radius 2 is 1.79 bits per heavy atom. The summed E-state index contributed by atoms with van der Waals surface area (Å²) in [6, 6.07) is 8.45. The Labute approximate surface area is 164 Å². The van der Waals surface area contributed by atoms with E-state index in [2.05, 4.69) is 5.32 Å². The van der Waals surface area contributed by atoms with Gasteiger partial charge in [-0.05, 0) is 24.3 Å². The van der Waals surface area contributed by atoms with Crippen LogP contribution in [0.5, 0.6) is 11.5 Å². The predicted molar refractivity (Wildman–Crippen MR) is 95.9 cm³/mol. The molecule has 0 spiro atoms. The minimum Gasteiger partial charge on any atom is -0.486 e. The van der Waals surface area contributed by atoms with Crippen LogP contribution in [0.2, 0.25) is 0 Å². The van der Waals surface area contributed by atoms with Crippen molar-refractivity contribution < 1.29 is 35.9 Å². The summed E-state index contributed by atoms with van der Waals surface area (Å²) in [6.07, 6.45) is -4.68. The first-order chi connectivity index (χ1) is 13.7. The minimum atomic E-state index is -4.68. The van der Waals surface area contributed by atoms with Crippen LogP contribution in [0.4, 0.5) is 13.2 Å². The summed E-state index contributed by atoms with van der Waals surface area (Å²) >= 11 is 0. The summed E-state index contributed by atoms with van der Waals surface area (Å²) in [5, 5.41) is 2.53. The number of nitrogens with one attached hydrogen (secondary N) is 2. The van der Waals surface area contributed by atoms with E-state index in [1.165, 1.54) is 0 Å². The number of amides is 1. The van der Waals surface area contributed by atoms with Gasteiger partial charge in [-0.1, -0.05) is 18.2 Å². The molecule has 0 fully saturated rings. The number of alkyl halides is 3. The van der Waals surface area contributed by atoms with E-state index in [9.17, 15) is 26.4 Å². The van der Waals surface area contributed by atoms with Crippen molar-refractivity contribution in [3.63, 3.8) is 0 Å². The molecule has 0 saturated heterocycles. The molecule has 1 amide bonds. The van der Waals surface area contributed by atoms with Crippen LogP contribution in [0, 0.1) is 0 Å². The van der Waals surface area contributed by atoms with Gasteiger partial charge in [0.05, 0.1) is 17.0 Å². The molecule has 11 heteroatoms. The Hall–Kier alpha value is -2.79. The summed E-state index contributed by atoms with van der Waals surface area (Å²) in [5.74, 6) is 0.395. The average molecular weight is 430 g/mol. The second-order valence-electron chi connectivity index (χ2n) is 6.07. The normalized spacial score (nSPS) is 13.8. The lowest BCUT2D eigenvalue weighted by Crippen LogP contribution is -2.36. The molecule has 0 bridgehead atoms. The van der Waals surface area contributed by atoms with Crippen molar-refractivity contribution in [1.82, 2.24) is 10.0 Å². The number of hydrogen-bond acceptors (Lipinski definition) is 5. The number of benzene rings is 2. The summed E-state index contributed by atoms with van der Waals surface area (Å²) in [5.41, 5.74) is -0.447. The van der Waals surface area contributed by atoms with E-state index >= 15 is 0 Å². The van der Waals surface area contributed by atoms with Gasteiger partial charge in [-0.2, -0.15) is 13.2 Å². The zero-order valence-electron chi connectivity index (χ0n) is 15.0. The minimum absolute atomic E-state index is 0.0661. The number of sulfonamides is 1. The molecule has 0 radical (unpaired) electrons. The Bertz CT molecular complexity index is 1010. The molecule has 1 heterocycles. The van der Waals surface area contributed by atoms with Crippen LogP contribution in [0.1, 0.15) is 11.1 Å². The number of halogens is 3. The predicted octanol–water partition coefficient (Wildman–Crippen LogP) is 2.07. The molecular weight excluding hydrogens is 413 g/mol. The third-order valence-electron chi connectivity index (χ3n) is 4.02. The standard InChI is InChI=1S/C18H17F3N2O5S/c19-18(20,21)13-4-2-5-14(9-13)29(25,26)23-11-16(24)22-10-12-3-1-6-15-17(12)28-8-7-27-15/h1-6,9,23H,7-8,10-11H2,(H,22,24). The van der Waals surface area contributed by atoms with Crippen molar-refractivity contribution in [1.29, 1.82) is 0 Å². The molecule has 1 aliphatic rings. The zero-order valence-corrected chi connectivity index (χ0v) is 15.8. The number of carbonyl (C=O) groups is 1. The van der Waals surface area contributed by atoms with Gasteiger partial charge >= 0.3 is 6.18 Å². The highest BCUT2D eigenvalue weighted by atomic mass is 32.2. The molecule has 0 aliphatic carbocycles. The fourth-order valence-electron chi connectivity index (χ4n) is 2.61. The van der Waals surface area contributed by atoms with Crippen molar-refractivity contribution in [3.05, 3.63) is 53.6 Å². The molecular formula is C18H17F3N2O5S. The fourth-order valence-corrected chi connectivity index (χ4v) is 3.64. The summed E-state index contributed by atoms with van der Waals surface area (Å²) in [6.45, 7) is 0.219. The first-order valence-electron chi connectivity index (χ1n) is 8.48. The first kappa shape index (κ1) is 20.9. The van der Waals surface area contributed by atoms with Crippen LogP contribution in [-0.4, -0.2) is 34.1 Å². The van der Waals surface area contributed by atoms with E-state index in [1.54, 1.807) is 18.2 Å². The molecule has 1 aliphatic heterocycles. The quantitative estimate of drug-likeness (QED) is 0.732. The molecule has 7 nitrogen and oxygen atoms in total. The molecule has 0 saturated carbocycles. The molecule has 0 unspecified atom stereocenters. The van der Waals surface area contributed by atoms with Gasteiger partial charge in [-0.3, -0.25) is 4.79 Å². The van der Waals surface area contributed by atoms with Gasteiger partial charge in [0, 0.05) is 12.1 Å². The number of ether oxygens (including phenoxy) is 2. The number of hydrogen-bond donors (Lipinski definition) is 2. The second kappa shape index (κ2) is 8.29. The largest absolute Gasteiger partial charge is 0.486 e. The van der Waals surface area contributed by atoms with Crippen LogP contribution in [0.25, 0.3) is 0 Å². The van der Waals surface area contributed by atoms with Crippen LogP contribution < -0.4 is 19.5 Å². The molecule has 0 aromatic heterocycles. The second-order valence-corrected chi connectivity index (χ2v) is 7.84. The average Bonchev–Trinajstić information content (AvgIpc) is 2.70. The Morgan fingerprint density at radius 3 is 2.55 bits per heavy atom. The van der Waals surface area contributed by atoms with Gasteiger partial charge < -0.3 is 14.8 Å². The van der Waals surface area contributed by atoms with Gasteiger partial charge in [-0.15, -0.1) is 0 Å². The van der Waals surface area contributed by atoms with Crippen molar-refractivity contribution >= 4 is 15.9 Å². The Morgan fingerprint density at radius 1 is 1.07 bits per heavy atom. The highest BCUT2D eigenvalue weighted by Gasteiger charge is 2.31. The number of para-hydroxylation sites is 1. The van der Waals surface area contributed by atoms with Crippen LogP contribution in [-0.2, 0) is 27.5 Å². The molecule has 29 heavy (non-hydrogen) atoms. The van der Waals surface area contributed by atoms with Crippen LogP contribution in [0.15, 0.2) is 47.4 Å². The topological polar surface area (TPSA) is 93.7 Å². The molecule has 3 rings (SSSR count). The van der Waals surface area contributed by atoms with Gasteiger partial charge in [-0.25, -0.2) is 13.1 Å². The van der Waals surface area contributed by atoms with E-state index in [0.29, 0.717) is 36.3 Å².